The summed E-state index contributed by atoms with van der Waals surface area (Å²) in [7, 11) is -3.84. The molecule has 0 spiro atoms. The Morgan fingerprint density at radius 2 is 1.44 bits per heavy atom. The van der Waals surface area contributed by atoms with E-state index in [2.05, 4.69) is 4.72 Å². The summed E-state index contributed by atoms with van der Waals surface area (Å²) in [5.41, 5.74) is -1.10. The van der Waals surface area contributed by atoms with Gasteiger partial charge in [-0.05, 0) is 62.2 Å². The number of para-hydroxylation sites is 1. The van der Waals surface area contributed by atoms with Gasteiger partial charge < -0.3 is 14.9 Å². The van der Waals surface area contributed by atoms with E-state index in [9.17, 15) is 35.9 Å². The van der Waals surface area contributed by atoms with Crippen molar-refractivity contribution in [3.63, 3.8) is 0 Å². The lowest BCUT2D eigenvalue weighted by Gasteiger charge is -2.25. The van der Waals surface area contributed by atoms with Crippen LogP contribution < -0.4 is 14.5 Å². The smallest absolute Gasteiger partial charge is 0.329 e. The van der Waals surface area contributed by atoms with E-state index in [1.54, 1.807) is 57.2 Å². The van der Waals surface area contributed by atoms with Crippen LogP contribution >= 0.6 is 0 Å². The van der Waals surface area contributed by atoms with Crippen LogP contribution in [0.5, 0.6) is 0 Å². The molecule has 1 unspecified atom stereocenters. The maximum atomic E-state index is 13.7. The molecule has 1 saturated heterocycles. The van der Waals surface area contributed by atoms with Gasteiger partial charge in [-0.1, -0.05) is 42.5 Å². The van der Waals surface area contributed by atoms with E-state index in [0.29, 0.717) is 16.8 Å². The second-order valence-corrected chi connectivity index (χ2v) is 13.1. The Balaban J connectivity index is 1.41. The van der Waals surface area contributed by atoms with E-state index >= 15 is 0 Å². The molecule has 2 heterocycles. The van der Waals surface area contributed by atoms with Crippen LogP contribution in [-0.4, -0.2) is 49.9 Å². The number of amides is 1. The fraction of sp³-hybridized carbons (Fsp3) is 0.345. The first-order chi connectivity index (χ1) is 18.9. The zero-order valence-corrected chi connectivity index (χ0v) is 23.4. The quantitative estimate of drug-likeness (QED) is 0.408. The van der Waals surface area contributed by atoms with Crippen molar-refractivity contribution in [1.82, 2.24) is 4.72 Å². The van der Waals surface area contributed by atoms with E-state index in [1.165, 1.54) is 41.3 Å². The van der Waals surface area contributed by atoms with E-state index in [4.69, 9.17) is 0 Å². The molecule has 1 fully saturated rings. The van der Waals surface area contributed by atoms with Gasteiger partial charge in [-0.2, -0.15) is 17.6 Å². The van der Waals surface area contributed by atoms with Crippen LogP contribution in [0.2, 0.25) is 0 Å². The van der Waals surface area contributed by atoms with Crippen LogP contribution in [0.3, 0.4) is 0 Å². The standard InChI is InChI=1S/C29H29F4N3O4S/c1-26(2,3)34-41(39,40)22-14-10-20(11-15-22)29(38)23-6-4-5-7-24(23)36(25(29)37)16-19-8-12-21(13-9-19)35-17-27(30,31)28(32,33)18-35/h4-15,34,38H,16-18H2,1-3H3. The van der Waals surface area contributed by atoms with Gasteiger partial charge in [-0.15, -0.1) is 0 Å². The van der Waals surface area contributed by atoms with Gasteiger partial charge in [-0.25, -0.2) is 13.1 Å². The molecule has 0 radical (unpaired) electrons. The monoisotopic (exact) mass is 591 g/mol. The van der Waals surface area contributed by atoms with Crippen molar-refractivity contribution < 1.29 is 35.9 Å². The number of hydrogen-bond donors (Lipinski definition) is 2. The van der Waals surface area contributed by atoms with E-state index in [0.717, 1.165) is 4.90 Å². The number of carbonyl (C=O) groups is 1. The molecule has 2 aliphatic rings. The Morgan fingerprint density at radius 1 is 0.878 bits per heavy atom. The molecule has 41 heavy (non-hydrogen) atoms. The van der Waals surface area contributed by atoms with Crippen molar-refractivity contribution in [2.45, 2.75) is 55.2 Å². The van der Waals surface area contributed by atoms with Crippen molar-refractivity contribution in [2.24, 2.45) is 0 Å². The van der Waals surface area contributed by atoms with Crippen molar-refractivity contribution in [3.05, 3.63) is 89.5 Å². The van der Waals surface area contributed by atoms with Gasteiger partial charge in [0.1, 0.15) is 0 Å². The van der Waals surface area contributed by atoms with Gasteiger partial charge >= 0.3 is 11.8 Å². The van der Waals surface area contributed by atoms with Gasteiger partial charge in [0.2, 0.25) is 10.0 Å². The number of sulfonamides is 1. The molecule has 12 heteroatoms. The van der Waals surface area contributed by atoms with Gasteiger partial charge in [0, 0.05) is 16.8 Å². The number of fused-ring (bicyclic) bond motifs is 1. The maximum absolute atomic E-state index is 13.7. The molecule has 1 amide bonds. The largest absolute Gasteiger partial charge is 0.372 e. The number of alkyl halides is 4. The number of aliphatic hydroxyl groups is 1. The summed E-state index contributed by atoms with van der Waals surface area (Å²) < 4.78 is 82.6. The van der Waals surface area contributed by atoms with E-state index < -0.39 is 52.0 Å². The summed E-state index contributed by atoms with van der Waals surface area (Å²) in [6.45, 7) is 2.93. The molecule has 0 bridgehead atoms. The number of carbonyl (C=O) groups excluding carboxylic acids is 1. The Morgan fingerprint density at radius 3 is 2.00 bits per heavy atom. The van der Waals surface area contributed by atoms with Crippen molar-refractivity contribution >= 4 is 27.3 Å². The van der Waals surface area contributed by atoms with E-state index in [1.807, 2.05) is 0 Å². The number of halogens is 4. The first kappa shape index (κ1) is 29.0. The Bertz CT molecular complexity index is 1570. The molecule has 0 aromatic heterocycles. The third kappa shape index (κ3) is 5.08. The zero-order valence-electron chi connectivity index (χ0n) is 22.5. The van der Waals surface area contributed by atoms with Crippen LogP contribution in [0.4, 0.5) is 28.9 Å². The molecule has 2 N–H and O–H groups in total. The first-order valence-corrected chi connectivity index (χ1v) is 14.3. The van der Waals surface area contributed by atoms with Gasteiger partial charge in [0.25, 0.3) is 5.91 Å². The number of rotatable bonds is 6. The second-order valence-electron chi connectivity index (χ2n) is 11.4. The third-order valence-corrected chi connectivity index (χ3v) is 8.89. The van der Waals surface area contributed by atoms with Crippen LogP contribution in [0.25, 0.3) is 0 Å². The molecule has 3 aromatic carbocycles. The normalized spacial score (nSPS) is 21.8. The van der Waals surface area contributed by atoms with Gasteiger partial charge in [-0.3, -0.25) is 4.79 Å². The summed E-state index contributed by atoms with van der Waals surface area (Å²) in [4.78, 5) is 16.0. The highest BCUT2D eigenvalue weighted by Gasteiger charge is 2.63. The lowest BCUT2D eigenvalue weighted by atomic mass is 9.87. The minimum Gasteiger partial charge on any atom is -0.372 e. The van der Waals surface area contributed by atoms with Crippen molar-refractivity contribution in [3.8, 4) is 0 Å². The predicted molar refractivity (Wildman–Crippen MR) is 146 cm³/mol. The summed E-state index contributed by atoms with van der Waals surface area (Å²) in [6.07, 6.45) is 0. The topological polar surface area (TPSA) is 89.9 Å². The fourth-order valence-electron chi connectivity index (χ4n) is 5.15. The van der Waals surface area contributed by atoms with Gasteiger partial charge in [0.05, 0.1) is 30.2 Å². The molecular weight excluding hydrogens is 562 g/mol. The number of hydrogen-bond acceptors (Lipinski definition) is 5. The molecule has 5 rings (SSSR count). The summed E-state index contributed by atoms with van der Waals surface area (Å²) in [5, 5.41) is 11.8. The number of nitrogens with zero attached hydrogens (tertiary/aromatic N) is 2. The number of benzene rings is 3. The lowest BCUT2D eigenvalue weighted by molar-refractivity contribution is -0.172. The Hall–Kier alpha value is -3.48. The number of nitrogens with one attached hydrogen (secondary N) is 1. The average molecular weight is 592 g/mol. The van der Waals surface area contributed by atoms with Crippen molar-refractivity contribution in [2.75, 3.05) is 22.9 Å². The SMILES string of the molecule is CC(C)(C)NS(=O)(=O)c1ccc(C2(O)C(=O)N(Cc3ccc(N4CC(F)(F)C(F)(F)C4)cc3)c3ccccc32)cc1. The highest BCUT2D eigenvalue weighted by atomic mass is 32.2. The number of anilines is 2. The fourth-order valence-corrected chi connectivity index (χ4v) is 6.57. The van der Waals surface area contributed by atoms with Crippen LogP contribution in [0, 0.1) is 0 Å². The first-order valence-electron chi connectivity index (χ1n) is 12.8. The van der Waals surface area contributed by atoms with Crippen LogP contribution in [0.1, 0.15) is 37.5 Å². The Kier molecular flexibility index (Phi) is 6.75. The molecule has 218 valence electrons. The highest BCUT2D eigenvalue weighted by Crippen LogP contribution is 2.46. The van der Waals surface area contributed by atoms with E-state index in [-0.39, 0.29) is 22.7 Å². The molecule has 7 nitrogen and oxygen atoms in total. The maximum Gasteiger partial charge on any atom is 0.329 e. The van der Waals surface area contributed by atoms with Gasteiger partial charge in [0.15, 0.2) is 5.60 Å². The summed E-state index contributed by atoms with van der Waals surface area (Å²) in [6, 6.07) is 18.1. The highest BCUT2D eigenvalue weighted by molar-refractivity contribution is 7.89. The van der Waals surface area contributed by atoms with Crippen LogP contribution in [-0.2, 0) is 27.0 Å². The molecule has 1 atom stereocenters. The van der Waals surface area contributed by atoms with Crippen LogP contribution in [0.15, 0.2) is 77.7 Å². The van der Waals surface area contributed by atoms with Crippen molar-refractivity contribution in [1.29, 1.82) is 0 Å². The molecule has 0 saturated carbocycles. The molecule has 2 aliphatic heterocycles. The summed E-state index contributed by atoms with van der Waals surface area (Å²) in [5.74, 6) is -8.93. The summed E-state index contributed by atoms with van der Waals surface area (Å²) >= 11 is 0. The third-order valence-electron chi connectivity index (χ3n) is 7.12. The second kappa shape index (κ2) is 9.53. The molecule has 0 aliphatic carbocycles. The average Bonchev–Trinajstić information content (AvgIpc) is 3.24. The Labute approximate surface area is 235 Å². The lowest BCUT2D eigenvalue weighted by Crippen LogP contribution is -2.41. The minimum atomic E-state index is -4.13. The molecule has 3 aromatic rings. The zero-order chi connectivity index (χ0) is 30.0. The molecular formula is C29H29F4N3O4S. The predicted octanol–water partition coefficient (Wildman–Crippen LogP) is 4.64. The minimum absolute atomic E-state index is 0.00667.